The topological polar surface area (TPSA) is 84.9 Å². The number of hydrogen-bond acceptors (Lipinski definition) is 4. The van der Waals surface area contributed by atoms with Crippen molar-refractivity contribution in [1.29, 1.82) is 0 Å². The smallest absolute Gasteiger partial charge is 0.326 e. The Morgan fingerprint density at radius 3 is 2.75 bits per heavy atom. The Labute approximate surface area is 142 Å². The van der Waals surface area contributed by atoms with Gasteiger partial charge >= 0.3 is 5.97 Å². The third-order valence-corrected chi connectivity index (χ3v) is 4.24. The summed E-state index contributed by atoms with van der Waals surface area (Å²) in [6.07, 6.45) is 2.10. The average Bonchev–Trinajstić information content (AvgIpc) is 2.60. The van der Waals surface area contributed by atoms with E-state index in [2.05, 4.69) is 5.32 Å². The lowest BCUT2D eigenvalue weighted by molar-refractivity contribution is -0.145. The van der Waals surface area contributed by atoms with Gasteiger partial charge in [0.1, 0.15) is 11.8 Å². The summed E-state index contributed by atoms with van der Waals surface area (Å²) in [7, 11) is 0. The summed E-state index contributed by atoms with van der Waals surface area (Å²) < 4.78 is 10.9. The van der Waals surface area contributed by atoms with E-state index in [1.54, 1.807) is 6.92 Å². The van der Waals surface area contributed by atoms with Crippen LogP contribution in [0, 0.1) is 11.8 Å². The van der Waals surface area contributed by atoms with Crippen LogP contribution in [0.25, 0.3) is 0 Å². The number of para-hydroxylation sites is 1. The van der Waals surface area contributed by atoms with Crippen LogP contribution in [-0.4, -0.2) is 42.8 Å². The van der Waals surface area contributed by atoms with Gasteiger partial charge in [-0.2, -0.15) is 0 Å². The largest absolute Gasteiger partial charge is 0.494 e. The molecule has 2 N–H and O–H groups in total. The van der Waals surface area contributed by atoms with Crippen molar-refractivity contribution >= 4 is 11.9 Å². The molecule has 0 saturated carbocycles. The van der Waals surface area contributed by atoms with Gasteiger partial charge in [-0.05, 0) is 31.4 Å². The molecule has 3 unspecified atom stereocenters. The Bertz CT molecular complexity index is 527. The summed E-state index contributed by atoms with van der Waals surface area (Å²) >= 11 is 0. The minimum atomic E-state index is -1.01. The number of carboxylic acids is 1. The molecule has 132 valence electrons. The zero-order valence-corrected chi connectivity index (χ0v) is 13.9. The van der Waals surface area contributed by atoms with Crippen molar-refractivity contribution in [3.05, 3.63) is 30.3 Å². The molecular formula is C18H25NO5. The number of benzene rings is 1. The van der Waals surface area contributed by atoms with Gasteiger partial charge in [0.15, 0.2) is 0 Å². The number of nitrogens with one attached hydrogen (secondary N) is 1. The van der Waals surface area contributed by atoms with Crippen molar-refractivity contribution < 1.29 is 24.2 Å². The molecule has 1 amide bonds. The number of carbonyl (C=O) groups is 2. The lowest BCUT2D eigenvalue weighted by atomic mass is 9.93. The second kappa shape index (κ2) is 9.27. The van der Waals surface area contributed by atoms with Crippen LogP contribution < -0.4 is 10.1 Å². The first-order chi connectivity index (χ1) is 11.6. The lowest BCUT2D eigenvalue weighted by Crippen LogP contribution is -2.49. The molecule has 0 spiro atoms. The maximum absolute atomic E-state index is 12.3. The van der Waals surface area contributed by atoms with Crippen molar-refractivity contribution in [2.45, 2.75) is 32.2 Å². The molecular weight excluding hydrogens is 310 g/mol. The van der Waals surface area contributed by atoms with Crippen molar-refractivity contribution in [2.24, 2.45) is 11.8 Å². The van der Waals surface area contributed by atoms with Crippen LogP contribution in [-0.2, 0) is 14.3 Å². The fraction of sp³-hybridized carbons (Fsp3) is 0.556. The normalized spacial score (nSPS) is 20.0. The summed E-state index contributed by atoms with van der Waals surface area (Å²) in [5.41, 5.74) is 0. The van der Waals surface area contributed by atoms with Crippen LogP contribution >= 0.6 is 0 Å². The highest BCUT2D eigenvalue weighted by molar-refractivity contribution is 5.85. The predicted molar refractivity (Wildman–Crippen MR) is 88.8 cm³/mol. The Morgan fingerprint density at radius 1 is 1.38 bits per heavy atom. The Kier molecular flexibility index (Phi) is 7.06. The first-order valence-corrected chi connectivity index (χ1v) is 8.36. The standard InChI is InChI=1S/C18H25NO5/c1-13(9-11-24-15-7-3-2-4-8-15)17(20)19-16(18(21)22)14-6-5-10-23-12-14/h2-4,7-8,13-14,16H,5-6,9-12H2,1H3,(H,19,20)(H,21,22). The van der Waals surface area contributed by atoms with Gasteiger partial charge in [0.25, 0.3) is 0 Å². The predicted octanol–water partition coefficient (Wildman–Crippen LogP) is 2.09. The lowest BCUT2D eigenvalue weighted by Gasteiger charge is -2.28. The number of aliphatic carboxylic acids is 1. The van der Waals surface area contributed by atoms with E-state index in [0.717, 1.165) is 18.6 Å². The van der Waals surface area contributed by atoms with Crippen molar-refractivity contribution in [1.82, 2.24) is 5.32 Å². The first kappa shape index (κ1) is 18.3. The van der Waals surface area contributed by atoms with E-state index >= 15 is 0 Å². The third kappa shape index (κ3) is 5.53. The van der Waals surface area contributed by atoms with Crippen LogP contribution in [0.5, 0.6) is 5.75 Å². The van der Waals surface area contributed by atoms with Gasteiger partial charge in [-0.3, -0.25) is 4.79 Å². The first-order valence-electron chi connectivity index (χ1n) is 8.36. The van der Waals surface area contributed by atoms with Gasteiger partial charge in [0, 0.05) is 18.4 Å². The molecule has 3 atom stereocenters. The van der Waals surface area contributed by atoms with E-state index < -0.39 is 12.0 Å². The molecule has 1 fully saturated rings. The van der Waals surface area contributed by atoms with Gasteiger partial charge < -0.3 is 19.9 Å². The Hall–Kier alpha value is -2.08. The molecule has 0 aliphatic carbocycles. The second-order valence-corrected chi connectivity index (χ2v) is 6.15. The van der Waals surface area contributed by atoms with Crippen LogP contribution in [0.2, 0.25) is 0 Å². The molecule has 1 heterocycles. The van der Waals surface area contributed by atoms with Gasteiger partial charge in [0.05, 0.1) is 13.2 Å². The fourth-order valence-electron chi connectivity index (χ4n) is 2.71. The van der Waals surface area contributed by atoms with Crippen LogP contribution in [0.15, 0.2) is 30.3 Å². The van der Waals surface area contributed by atoms with Gasteiger partial charge in [-0.1, -0.05) is 25.1 Å². The SMILES string of the molecule is CC(CCOc1ccccc1)C(=O)NC(C(=O)O)C1CCCOC1. The Balaban J connectivity index is 1.79. The molecule has 6 nitrogen and oxygen atoms in total. The van der Waals surface area contributed by atoms with E-state index in [9.17, 15) is 14.7 Å². The van der Waals surface area contributed by atoms with E-state index in [-0.39, 0.29) is 17.7 Å². The molecule has 1 aromatic rings. The van der Waals surface area contributed by atoms with Gasteiger partial charge in [0.2, 0.25) is 5.91 Å². The average molecular weight is 335 g/mol. The second-order valence-electron chi connectivity index (χ2n) is 6.15. The summed E-state index contributed by atoms with van der Waals surface area (Å²) in [5.74, 6) is -1.00. The maximum Gasteiger partial charge on any atom is 0.326 e. The van der Waals surface area contributed by atoms with Crippen LogP contribution in [0.4, 0.5) is 0 Å². The van der Waals surface area contributed by atoms with Crippen LogP contribution in [0.3, 0.4) is 0 Å². The highest BCUT2D eigenvalue weighted by Crippen LogP contribution is 2.18. The monoisotopic (exact) mass is 335 g/mol. The highest BCUT2D eigenvalue weighted by atomic mass is 16.5. The fourth-order valence-corrected chi connectivity index (χ4v) is 2.71. The summed E-state index contributed by atoms with van der Waals surface area (Å²) in [6.45, 7) is 3.22. The van der Waals surface area contributed by atoms with Crippen molar-refractivity contribution in [2.75, 3.05) is 19.8 Å². The molecule has 24 heavy (non-hydrogen) atoms. The Morgan fingerprint density at radius 2 is 2.12 bits per heavy atom. The maximum atomic E-state index is 12.3. The summed E-state index contributed by atoms with van der Waals surface area (Å²) in [6, 6.07) is 8.49. The van der Waals surface area contributed by atoms with Gasteiger partial charge in [-0.15, -0.1) is 0 Å². The number of amides is 1. The highest BCUT2D eigenvalue weighted by Gasteiger charge is 2.32. The molecule has 0 aromatic heterocycles. The minimum absolute atomic E-state index is 0.173. The van der Waals surface area contributed by atoms with E-state index in [1.165, 1.54) is 0 Å². The van der Waals surface area contributed by atoms with Crippen molar-refractivity contribution in [3.8, 4) is 5.75 Å². The number of carboxylic acid groups (broad SMARTS) is 1. The van der Waals surface area contributed by atoms with Crippen molar-refractivity contribution in [3.63, 3.8) is 0 Å². The summed E-state index contributed by atoms with van der Waals surface area (Å²) in [5, 5.41) is 12.0. The number of hydrogen-bond donors (Lipinski definition) is 2. The zero-order chi connectivity index (χ0) is 17.4. The van der Waals surface area contributed by atoms with E-state index in [4.69, 9.17) is 9.47 Å². The van der Waals surface area contributed by atoms with Gasteiger partial charge in [-0.25, -0.2) is 4.79 Å². The zero-order valence-electron chi connectivity index (χ0n) is 13.9. The molecule has 6 heteroatoms. The van der Waals surface area contributed by atoms with Crippen LogP contribution in [0.1, 0.15) is 26.2 Å². The molecule has 1 saturated heterocycles. The molecule has 2 rings (SSSR count). The molecule has 1 aromatic carbocycles. The van der Waals surface area contributed by atoms with E-state index in [1.807, 2.05) is 30.3 Å². The molecule has 0 radical (unpaired) electrons. The quantitative estimate of drug-likeness (QED) is 0.760. The molecule has 0 bridgehead atoms. The molecule has 1 aliphatic heterocycles. The number of rotatable bonds is 8. The van der Waals surface area contributed by atoms with E-state index in [0.29, 0.717) is 26.2 Å². The third-order valence-electron chi connectivity index (χ3n) is 4.24. The minimum Gasteiger partial charge on any atom is -0.494 e. The molecule has 1 aliphatic rings. The summed E-state index contributed by atoms with van der Waals surface area (Å²) in [4.78, 5) is 23.7. The number of ether oxygens (including phenoxy) is 2. The number of carbonyl (C=O) groups excluding carboxylic acids is 1.